The summed E-state index contributed by atoms with van der Waals surface area (Å²) in [6, 6.07) is 33.1. The zero-order valence-corrected chi connectivity index (χ0v) is 20.4. The molecule has 7 heteroatoms. The normalized spacial score (nSPS) is 12.8. The number of halogens is 3. The van der Waals surface area contributed by atoms with Crippen LogP contribution in [0.3, 0.4) is 0 Å². The number of benzene rings is 7. The smallest absolute Gasteiger partial charge is 0.376 e. The number of hydrogen-bond donors (Lipinski definition) is 0. The van der Waals surface area contributed by atoms with Crippen LogP contribution in [0, 0.1) is 0 Å². The number of hydrogen-bond acceptors (Lipinski definition) is 3. The SMILES string of the molecule is O=S(=O)(Oc1ccc2c(ccc3cc(-c4ccc5ccc6cccc7ccc4c5c67)ccc32)c1)C(F)(F)F. The first-order valence-electron chi connectivity index (χ1n) is 11.8. The van der Waals surface area contributed by atoms with Crippen LogP contribution in [-0.4, -0.2) is 13.9 Å². The summed E-state index contributed by atoms with van der Waals surface area (Å²) in [7, 11) is -5.74. The van der Waals surface area contributed by atoms with Crippen LogP contribution < -0.4 is 4.18 Å². The fourth-order valence-electron chi connectivity index (χ4n) is 5.43. The predicted octanol–water partition coefficient (Wildman–Crippen LogP) is 8.79. The van der Waals surface area contributed by atoms with Crippen molar-refractivity contribution >= 4 is 64.0 Å². The van der Waals surface area contributed by atoms with E-state index in [-0.39, 0.29) is 5.75 Å². The van der Waals surface area contributed by atoms with E-state index in [0.29, 0.717) is 5.39 Å². The molecule has 0 saturated carbocycles. The maximum absolute atomic E-state index is 12.7. The fourth-order valence-corrected chi connectivity index (χ4v) is 5.88. The summed E-state index contributed by atoms with van der Waals surface area (Å²) in [5, 5.41) is 10.4. The molecule has 0 bridgehead atoms. The van der Waals surface area contributed by atoms with Crippen molar-refractivity contribution < 1.29 is 25.8 Å². The van der Waals surface area contributed by atoms with Crippen molar-refractivity contribution in [2.45, 2.75) is 5.51 Å². The molecular weight excluding hydrogens is 509 g/mol. The van der Waals surface area contributed by atoms with Crippen LogP contribution in [0.2, 0.25) is 0 Å². The molecule has 186 valence electrons. The molecule has 38 heavy (non-hydrogen) atoms. The third-order valence-corrected chi connectivity index (χ3v) is 8.12. The van der Waals surface area contributed by atoms with Gasteiger partial charge in [-0.3, -0.25) is 0 Å². The highest BCUT2D eigenvalue weighted by molar-refractivity contribution is 7.88. The van der Waals surface area contributed by atoms with Crippen molar-refractivity contribution in [3.63, 3.8) is 0 Å². The van der Waals surface area contributed by atoms with Crippen LogP contribution in [-0.2, 0) is 10.1 Å². The minimum Gasteiger partial charge on any atom is -0.376 e. The van der Waals surface area contributed by atoms with Crippen molar-refractivity contribution in [3.05, 3.63) is 103 Å². The Balaban J connectivity index is 1.36. The third kappa shape index (κ3) is 3.39. The molecule has 0 aliphatic carbocycles. The van der Waals surface area contributed by atoms with Gasteiger partial charge in [0.1, 0.15) is 5.75 Å². The Hall–Kier alpha value is -4.36. The summed E-state index contributed by atoms with van der Waals surface area (Å²) in [6.45, 7) is 0. The van der Waals surface area contributed by atoms with E-state index in [1.54, 1.807) is 12.1 Å². The van der Waals surface area contributed by atoms with E-state index < -0.39 is 15.6 Å². The number of fused-ring (bicyclic) bond motifs is 3. The second-order valence-electron chi connectivity index (χ2n) is 9.34. The largest absolute Gasteiger partial charge is 0.534 e. The van der Waals surface area contributed by atoms with Gasteiger partial charge in [-0.25, -0.2) is 0 Å². The van der Waals surface area contributed by atoms with Gasteiger partial charge in [0.15, 0.2) is 0 Å². The summed E-state index contributed by atoms with van der Waals surface area (Å²) in [6.07, 6.45) is 0. The summed E-state index contributed by atoms with van der Waals surface area (Å²) in [5.41, 5.74) is -3.34. The van der Waals surface area contributed by atoms with Crippen molar-refractivity contribution in [1.29, 1.82) is 0 Å². The second kappa shape index (κ2) is 7.82. The fraction of sp³-hybridized carbons (Fsp3) is 0.0323. The van der Waals surface area contributed by atoms with E-state index in [4.69, 9.17) is 0 Å². The average molecular weight is 527 g/mol. The Morgan fingerprint density at radius 2 is 1.11 bits per heavy atom. The van der Waals surface area contributed by atoms with Gasteiger partial charge in [0.05, 0.1) is 0 Å². The van der Waals surface area contributed by atoms with Gasteiger partial charge in [0.25, 0.3) is 0 Å². The minimum absolute atomic E-state index is 0.389. The van der Waals surface area contributed by atoms with Crippen molar-refractivity contribution in [2.24, 2.45) is 0 Å². The van der Waals surface area contributed by atoms with E-state index in [1.807, 2.05) is 18.2 Å². The number of rotatable bonds is 3. The first-order valence-corrected chi connectivity index (χ1v) is 13.2. The lowest BCUT2D eigenvalue weighted by Gasteiger charge is -2.15. The maximum Gasteiger partial charge on any atom is 0.534 e. The van der Waals surface area contributed by atoms with E-state index in [9.17, 15) is 21.6 Å². The lowest BCUT2D eigenvalue weighted by molar-refractivity contribution is -0.0500. The molecule has 7 aromatic rings. The Kier molecular flexibility index (Phi) is 4.69. The zero-order valence-electron chi connectivity index (χ0n) is 19.6. The van der Waals surface area contributed by atoms with Gasteiger partial charge in [-0.1, -0.05) is 84.9 Å². The first-order chi connectivity index (χ1) is 18.2. The lowest BCUT2D eigenvalue weighted by atomic mass is 9.89. The van der Waals surface area contributed by atoms with E-state index >= 15 is 0 Å². The van der Waals surface area contributed by atoms with E-state index in [2.05, 4.69) is 64.8 Å². The van der Waals surface area contributed by atoms with Crippen LogP contribution in [0.15, 0.2) is 103 Å². The van der Waals surface area contributed by atoms with Gasteiger partial charge in [-0.05, 0) is 83.2 Å². The predicted molar refractivity (Wildman–Crippen MR) is 146 cm³/mol. The van der Waals surface area contributed by atoms with Crippen LogP contribution in [0.25, 0.3) is 65.0 Å². The van der Waals surface area contributed by atoms with Crippen LogP contribution >= 0.6 is 0 Å². The lowest BCUT2D eigenvalue weighted by Crippen LogP contribution is -2.28. The zero-order chi connectivity index (χ0) is 26.2. The molecule has 0 heterocycles. The molecule has 7 rings (SSSR count). The summed E-state index contributed by atoms with van der Waals surface area (Å²) >= 11 is 0. The molecule has 0 saturated heterocycles. The topological polar surface area (TPSA) is 43.4 Å². The Labute approximate surface area is 215 Å². The van der Waals surface area contributed by atoms with Crippen LogP contribution in [0.4, 0.5) is 13.2 Å². The molecule has 0 aromatic heterocycles. The first kappa shape index (κ1) is 22.8. The molecule has 0 aliphatic heterocycles. The quantitative estimate of drug-likeness (QED) is 0.131. The van der Waals surface area contributed by atoms with E-state index in [0.717, 1.165) is 27.3 Å². The van der Waals surface area contributed by atoms with Gasteiger partial charge in [0.2, 0.25) is 0 Å². The molecule has 0 atom stereocenters. The van der Waals surface area contributed by atoms with Gasteiger partial charge < -0.3 is 4.18 Å². The number of alkyl halides is 3. The van der Waals surface area contributed by atoms with E-state index in [1.165, 1.54) is 44.5 Å². The third-order valence-electron chi connectivity index (χ3n) is 7.14. The van der Waals surface area contributed by atoms with Gasteiger partial charge >= 0.3 is 15.6 Å². The van der Waals surface area contributed by atoms with Gasteiger partial charge in [-0.15, -0.1) is 0 Å². The molecule has 0 N–H and O–H groups in total. The molecular formula is C31H17F3O3S. The Morgan fingerprint density at radius 3 is 1.82 bits per heavy atom. The molecule has 0 fully saturated rings. The van der Waals surface area contributed by atoms with Crippen molar-refractivity contribution in [2.75, 3.05) is 0 Å². The van der Waals surface area contributed by atoms with Gasteiger partial charge in [-0.2, -0.15) is 21.6 Å². The summed E-state index contributed by atoms with van der Waals surface area (Å²) < 4.78 is 65.3. The minimum atomic E-state index is -5.74. The molecule has 3 nitrogen and oxygen atoms in total. The van der Waals surface area contributed by atoms with Crippen LogP contribution in [0.1, 0.15) is 0 Å². The molecule has 0 spiro atoms. The highest BCUT2D eigenvalue weighted by atomic mass is 32.2. The summed E-state index contributed by atoms with van der Waals surface area (Å²) in [4.78, 5) is 0. The highest BCUT2D eigenvalue weighted by Crippen LogP contribution is 2.40. The average Bonchev–Trinajstić information content (AvgIpc) is 2.90. The Bertz CT molecular complexity index is 2150. The standard InChI is InChI=1S/C31H17F3O3S/c32-31(33,34)38(35,36)37-24-11-15-26-23(17-24)7-6-21-16-22(10-13-25(21)26)27-12-8-20-5-4-18-2-1-3-19-9-14-28(27)30(20)29(18)19/h1-17H. The second-order valence-corrected chi connectivity index (χ2v) is 10.9. The highest BCUT2D eigenvalue weighted by Gasteiger charge is 2.48. The molecule has 0 radical (unpaired) electrons. The van der Waals surface area contributed by atoms with Crippen molar-refractivity contribution in [1.82, 2.24) is 0 Å². The molecule has 0 aliphatic rings. The summed E-state index contributed by atoms with van der Waals surface area (Å²) in [5.74, 6) is -0.389. The Morgan fingerprint density at radius 1 is 0.553 bits per heavy atom. The molecule has 0 amide bonds. The van der Waals surface area contributed by atoms with Crippen LogP contribution in [0.5, 0.6) is 5.75 Å². The molecule has 0 unspecified atom stereocenters. The molecule has 7 aromatic carbocycles. The monoisotopic (exact) mass is 526 g/mol. The maximum atomic E-state index is 12.7. The van der Waals surface area contributed by atoms with Crippen molar-refractivity contribution in [3.8, 4) is 16.9 Å². The van der Waals surface area contributed by atoms with Gasteiger partial charge in [0, 0.05) is 0 Å².